The Morgan fingerprint density at radius 1 is 1.47 bits per heavy atom. The Balaban J connectivity index is 2.70. The first-order chi connectivity index (χ1) is 7.90. The van der Waals surface area contributed by atoms with Gasteiger partial charge in [-0.15, -0.1) is 0 Å². The van der Waals surface area contributed by atoms with Gasteiger partial charge in [-0.1, -0.05) is 23.2 Å². The molecule has 0 radical (unpaired) electrons. The van der Waals surface area contributed by atoms with Gasteiger partial charge in [0.05, 0.1) is 11.7 Å². The summed E-state index contributed by atoms with van der Waals surface area (Å²) >= 11 is 11.4. The van der Waals surface area contributed by atoms with E-state index in [-0.39, 0.29) is 27.8 Å². The molecule has 1 amide bonds. The number of pyridine rings is 1. The van der Waals surface area contributed by atoms with Crippen molar-refractivity contribution in [1.82, 2.24) is 10.3 Å². The molecule has 0 aromatic carbocycles. The van der Waals surface area contributed by atoms with E-state index >= 15 is 0 Å². The molecule has 0 spiro atoms. The highest BCUT2D eigenvalue weighted by Crippen LogP contribution is 2.16. The SMILES string of the molecule is CC(O)CC(C)NC(=O)c1ccc(Cl)nc1Cl. The Morgan fingerprint density at radius 2 is 2.12 bits per heavy atom. The number of aliphatic hydroxyl groups is 1. The van der Waals surface area contributed by atoms with Gasteiger partial charge in [0.1, 0.15) is 10.3 Å². The van der Waals surface area contributed by atoms with E-state index in [0.29, 0.717) is 6.42 Å². The maximum absolute atomic E-state index is 11.8. The molecule has 2 N–H and O–H groups in total. The lowest BCUT2D eigenvalue weighted by molar-refractivity contribution is 0.0923. The molecule has 1 heterocycles. The Hall–Kier alpha value is -0.840. The summed E-state index contributed by atoms with van der Waals surface area (Å²) in [5.41, 5.74) is 0.272. The number of aromatic nitrogens is 1. The van der Waals surface area contributed by atoms with E-state index in [9.17, 15) is 9.90 Å². The van der Waals surface area contributed by atoms with Crippen molar-refractivity contribution in [3.63, 3.8) is 0 Å². The van der Waals surface area contributed by atoms with Crippen molar-refractivity contribution in [3.05, 3.63) is 28.0 Å². The largest absolute Gasteiger partial charge is 0.393 e. The van der Waals surface area contributed by atoms with Crippen LogP contribution in [0.4, 0.5) is 0 Å². The van der Waals surface area contributed by atoms with E-state index in [2.05, 4.69) is 10.3 Å². The number of amides is 1. The van der Waals surface area contributed by atoms with Gasteiger partial charge in [0.25, 0.3) is 5.91 Å². The van der Waals surface area contributed by atoms with Crippen molar-refractivity contribution in [2.24, 2.45) is 0 Å². The molecule has 1 aromatic heterocycles. The van der Waals surface area contributed by atoms with Gasteiger partial charge < -0.3 is 10.4 Å². The molecule has 1 rings (SSSR count). The summed E-state index contributed by atoms with van der Waals surface area (Å²) in [6.07, 6.45) is 0.00815. The molecule has 0 aliphatic heterocycles. The maximum atomic E-state index is 11.8. The van der Waals surface area contributed by atoms with Crippen LogP contribution in [0.25, 0.3) is 0 Å². The van der Waals surface area contributed by atoms with Crippen molar-refractivity contribution < 1.29 is 9.90 Å². The van der Waals surface area contributed by atoms with Gasteiger partial charge in [0, 0.05) is 6.04 Å². The highest BCUT2D eigenvalue weighted by molar-refractivity contribution is 6.34. The van der Waals surface area contributed by atoms with Crippen LogP contribution in [0.2, 0.25) is 10.3 Å². The summed E-state index contributed by atoms with van der Waals surface area (Å²) in [5.74, 6) is -0.327. The summed E-state index contributed by atoms with van der Waals surface area (Å²) in [6.45, 7) is 3.47. The normalized spacial score (nSPS) is 14.2. The third-order valence-corrected chi connectivity index (χ3v) is 2.63. The van der Waals surface area contributed by atoms with Crippen LogP contribution in [0.3, 0.4) is 0 Å². The topological polar surface area (TPSA) is 62.2 Å². The average Bonchev–Trinajstić information content (AvgIpc) is 2.15. The molecular formula is C11H14Cl2N2O2. The minimum atomic E-state index is -0.468. The number of nitrogens with zero attached hydrogens (tertiary/aromatic N) is 1. The average molecular weight is 277 g/mol. The molecule has 0 aliphatic rings. The molecule has 6 heteroatoms. The summed E-state index contributed by atoms with van der Waals surface area (Å²) in [5, 5.41) is 12.2. The first kappa shape index (κ1) is 14.2. The first-order valence-corrected chi connectivity index (χ1v) is 5.96. The van der Waals surface area contributed by atoms with Crippen LogP contribution >= 0.6 is 23.2 Å². The summed E-state index contributed by atoms with van der Waals surface area (Å²) in [4.78, 5) is 15.6. The van der Waals surface area contributed by atoms with Gasteiger partial charge in [-0.25, -0.2) is 4.98 Å². The number of hydrogen-bond donors (Lipinski definition) is 2. The zero-order chi connectivity index (χ0) is 13.0. The Labute approximate surface area is 110 Å². The Morgan fingerprint density at radius 3 is 2.65 bits per heavy atom. The number of hydrogen-bond acceptors (Lipinski definition) is 3. The molecule has 0 saturated heterocycles. The van der Waals surface area contributed by atoms with Crippen molar-refractivity contribution in [2.75, 3.05) is 0 Å². The van der Waals surface area contributed by atoms with E-state index < -0.39 is 6.10 Å². The highest BCUT2D eigenvalue weighted by atomic mass is 35.5. The van der Waals surface area contributed by atoms with E-state index in [1.54, 1.807) is 6.92 Å². The molecule has 1 aromatic rings. The van der Waals surface area contributed by atoms with Crippen LogP contribution < -0.4 is 5.32 Å². The minimum Gasteiger partial charge on any atom is -0.393 e. The maximum Gasteiger partial charge on any atom is 0.254 e. The quantitative estimate of drug-likeness (QED) is 0.830. The van der Waals surface area contributed by atoms with Crippen LogP contribution in [0.1, 0.15) is 30.6 Å². The third-order valence-electron chi connectivity index (χ3n) is 2.13. The highest BCUT2D eigenvalue weighted by Gasteiger charge is 2.15. The van der Waals surface area contributed by atoms with Crippen LogP contribution in [0, 0.1) is 0 Å². The molecule has 94 valence electrons. The molecule has 0 aliphatic carbocycles. The van der Waals surface area contributed by atoms with Crippen LogP contribution in [0.15, 0.2) is 12.1 Å². The summed E-state index contributed by atoms with van der Waals surface area (Å²) in [7, 11) is 0. The minimum absolute atomic E-state index is 0.0687. The van der Waals surface area contributed by atoms with Gasteiger partial charge in [0.15, 0.2) is 0 Å². The van der Waals surface area contributed by atoms with Crippen molar-refractivity contribution in [3.8, 4) is 0 Å². The smallest absolute Gasteiger partial charge is 0.254 e. The second kappa shape index (κ2) is 6.19. The number of carbonyl (C=O) groups is 1. The van der Waals surface area contributed by atoms with Gasteiger partial charge in [-0.3, -0.25) is 4.79 Å². The van der Waals surface area contributed by atoms with E-state index in [4.69, 9.17) is 23.2 Å². The molecule has 4 nitrogen and oxygen atoms in total. The van der Waals surface area contributed by atoms with E-state index in [1.165, 1.54) is 12.1 Å². The lowest BCUT2D eigenvalue weighted by atomic mass is 10.1. The second-order valence-corrected chi connectivity index (χ2v) is 4.68. The third kappa shape index (κ3) is 4.50. The first-order valence-electron chi connectivity index (χ1n) is 5.21. The zero-order valence-corrected chi connectivity index (χ0v) is 11.1. The molecule has 17 heavy (non-hydrogen) atoms. The fourth-order valence-electron chi connectivity index (χ4n) is 1.45. The Kier molecular flexibility index (Phi) is 5.18. The number of aliphatic hydroxyl groups excluding tert-OH is 1. The van der Waals surface area contributed by atoms with Crippen LogP contribution in [-0.4, -0.2) is 28.1 Å². The van der Waals surface area contributed by atoms with E-state index in [0.717, 1.165) is 0 Å². The predicted octanol–water partition coefficient (Wildman–Crippen LogP) is 2.28. The van der Waals surface area contributed by atoms with Gasteiger partial charge >= 0.3 is 0 Å². The summed E-state index contributed by atoms with van der Waals surface area (Å²) < 4.78 is 0. The van der Waals surface area contributed by atoms with Crippen LogP contribution in [0.5, 0.6) is 0 Å². The molecule has 2 atom stereocenters. The monoisotopic (exact) mass is 276 g/mol. The van der Waals surface area contributed by atoms with Gasteiger partial charge in [0.2, 0.25) is 0 Å². The summed E-state index contributed by atoms with van der Waals surface area (Å²) in [6, 6.07) is 2.87. The van der Waals surface area contributed by atoms with E-state index in [1.807, 2.05) is 6.92 Å². The van der Waals surface area contributed by atoms with Crippen molar-refractivity contribution >= 4 is 29.1 Å². The molecule has 0 bridgehead atoms. The number of halogens is 2. The van der Waals surface area contributed by atoms with Gasteiger partial charge in [-0.05, 0) is 32.4 Å². The van der Waals surface area contributed by atoms with Crippen LogP contribution in [-0.2, 0) is 0 Å². The number of rotatable bonds is 4. The lowest BCUT2D eigenvalue weighted by Gasteiger charge is -2.15. The van der Waals surface area contributed by atoms with Crippen molar-refractivity contribution in [1.29, 1.82) is 0 Å². The van der Waals surface area contributed by atoms with Crippen molar-refractivity contribution in [2.45, 2.75) is 32.4 Å². The zero-order valence-electron chi connectivity index (χ0n) is 9.58. The molecule has 0 fully saturated rings. The standard InChI is InChI=1S/C11H14Cl2N2O2/c1-6(5-7(2)16)14-11(17)8-3-4-9(12)15-10(8)13/h3-4,6-7,16H,5H2,1-2H3,(H,14,17). The lowest BCUT2D eigenvalue weighted by Crippen LogP contribution is -2.34. The molecule has 0 saturated carbocycles. The molecular weight excluding hydrogens is 263 g/mol. The second-order valence-electron chi connectivity index (χ2n) is 3.93. The number of nitrogens with one attached hydrogen (secondary N) is 1. The number of carbonyl (C=O) groups excluding carboxylic acids is 1. The fourth-order valence-corrected chi connectivity index (χ4v) is 1.88. The Bertz CT molecular complexity index is 410. The van der Waals surface area contributed by atoms with Gasteiger partial charge in [-0.2, -0.15) is 0 Å². The predicted molar refractivity (Wildman–Crippen MR) is 67.5 cm³/mol. The molecule has 2 unspecified atom stereocenters. The fraction of sp³-hybridized carbons (Fsp3) is 0.455.